The molecule has 0 bridgehead atoms. The topological polar surface area (TPSA) is 51.5 Å². The van der Waals surface area contributed by atoms with Gasteiger partial charge in [0.25, 0.3) is 0 Å². The summed E-state index contributed by atoms with van der Waals surface area (Å²) in [6, 6.07) is 6.22. The van der Waals surface area contributed by atoms with Crippen molar-refractivity contribution in [2.75, 3.05) is 21.3 Å². The Morgan fingerprint density at radius 3 is 2.30 bits per heavy atom. The number of nitrogens with zero attached hydrogens (tertiary/aromatic N) is 1. The van der Waals surface area contributed by atoms with Crippen molar-refractivity contribution in [3.05, 3.63) is 29.8 Å². The summed E-state index contributed by atoms with van der Waals surface area (Å²) in [5.41, 5.74) is 1.00. The maximum absolute atomic E-state index is 9.33. The molecule has 0 spiro atoms. The Morgan fingerprint density at radius 1 is 1.00 bits per heavy atom. The number of nitriles is 1. The Hall–Kier alpha value is -2.15. The van der Waals surface area contributed by atoms with Gasteiger partial charge in [0.05, 0.1) is 33.3 Å². The largest absolute Gasteiger partial charge is 0.493 e. The lowest BCUT2D eigenvalue weighted by Crippen LogP contribution is -2.14. The van der Waals surface area contributed by atoms with Crippen molar-refractivity contribution in [1.29, 1.82) is 5.26 Å². The van der Waals surface area contributed by atoms with E-state index in [1.165, 1.54) is 0 Å². The molecule has 1 aliphatic carbocycles. The van der Waals surface area contributed by atoms with E-state index in [4.69, 9.17) is 14.2 Å². The number of methoxy groups -OCH3 is 3. The van der Waals surface area contributed by atoms with Gasteiger partial charge >= 0.3 is 0 Å². The standard InChI is InChI=1S/C16H19NO3/c1-18-14-9-8-13(15(19-2)16(14)20-3)12-7-5-4-6-11(12)10-17/h4-5,8-9,11-12H,6-7H2,1-3H3/t11-,12+/m1/s1. The molecule has 0 radical (unpaired) electrons. The zero-order valence-corrected chi connectivity index (χ0v) is 12.1. The zero-order valence-electron chi connectivity index (χ0n) is 12.1. The third-order valence-corrected chi connectivity index (χ3v) is 3.73. The highest BCUT2D eigenvalue weighted by Crippen LogP contribution is 2.46. The van der Waals surface area contributed by atoms with Crippen molar-refractivity contribution < 1.29 is 14.2 Å². The van der Waals surface area contributed by atoms with Gasteiger partial charge in [0.1, 0.15) is 0 Å². The van der Waals surface area contributed by atoms with E-state index in [9.17, 15) is 5.26 Å². The summed E-state index contributed by atoms with van der Waals surface area (Å²) in [4.78, 5) is 0. The van der Waals surface area contributed by atoms with Crippen LogP contribution in [0.1, 0.15) is 24.3 Å². The number of benzene rings is 1. The van der Waals surface area contributed by atoms with Crippen LogP contribution in [0.5, 0.6) is 17.2 Å². The van der Waals surface area contributed by atoms with E-state index in [-0.39, 0.29) is 11.8 Å². The summed E-state index contributed by atoms with van der Waals surface area (Å²) in [7, 11) is 4.80. The fourth-order valence-corrected chi connectivity index (χ4v) is 2.72. The van der Waals surface area contributed by atoms with Crippen LogP contribution in [-0.2, 0) is 0 Å². The molecule has 0 aromatic heterocycles. The van der Waals surface area contributed by atoms with Crippen LogP contribution in [-0.4, -0.2) is 21.3 Å². The minimum absolute atomic E-state index is 0.0352. The van der Waals surface area contributed by atoms with Gasteiger partial charge in [-0.05, 0) is 18.9 Å². The van der Waals surface area contributed by atoms with Gasteiger partial charge in [0.2, 0.25) is 5.75 Å². The van der Waals surface area contributed by atoms with Crippen LogP contribution >= 0.6 is 0 Å². The molecular formula is C16H19NO3. The first-order valence-electron chi connectivity index (χ1n) is 6.60. The molecule has 1 aromatic carbocycles. The zero-order chi connectivity index (χ0) is 14.5. The van der Waals surface area contributed by atoms with Crippen molar-refractivity contribution >= 4 is 0 Å². The van der Waals surface area contributed by atoms with Crippen LogP contribution in [0, 0.1) is 17.2 Å². The quantitative estimate of drug-likeness (QED) is 0.790. The molecule has 0 aliphatic heterocycles. The normalized spacial score (nSPS) is 21.1. The van der Waals surface area contributed by atoms with Gasteiger partial charge in [-0.1, -0.05) is 18.2 Å². The summed E-state index contributed by atoms with van der Waals surface area (Å²) < 4.78 is 16.2. The van der Waals surface area contributed by atoms with Crippen LogP contribution in [0.25, 0.3) is 0 Å². The molecule has 0 saturated carbocycles. The Bertz CT molecular complexity index is 545. The molecule has 4 heteroatoms. The van der Waals surface area contributed by atoms with Crippen LogP contribution < -0.4 is 14.2 Å². The van der Waals surface area contributed by atoms with E-state index in [0.717, 1.165) is 18.4 Å². The van der Waals surface area contributed by atoms with E-state index < -0.39 is 0 Å². The molecule has 0 amide bonds. The van der Waals surface area contributed by atoms with Gasteiger partial charge in [0, 0.05) is 11.5 Å². The second-order valence-corrected chi connectivity index (χ2v) is 4.71. The molecular weight excluding hydrogens is 254 g/mol. The molecule has 0 heterocycles. The summed E-state index contributed by atoms with van der Waals surface area (Å²) in [6.07, 6.45) is 5.80. The van der Waals surface area contributed by atoms with E-state index in [1.54, 1.807) is 21.3 Å². The minimum atomic E-state index is -0.0352. The minimum Gasteiger partial charge on any atom is -0.493 e. The summed E-state index contributed by atoms with van der Waals surface area (Å²) in [6.45, 7) is 0. The van der Waals surface area contributed by atoms with Crippen LogP contribution in [0.2, 0.25) is 0 Å². The Labute approximate surface area is 119 Å². The molecule has 20 heavy (non-hydrogen) atoms. The maximum atomic E-state index is 9.33. The van der Waals surface area contributed by atoms with Crippen molar-refractivity contribution in [3.8, 4) is 23.3 Å². The Morgan fingerprint density at radius 2 is 1.70 bits per heavy atom. The molecule has 4 nitrogen and oxygen atoms in total. The second kappa shape index (κ2) is 6.33. The average molecular weight is 273 g/mol. The molecule has 106 valence electrons. The van der Waals surface area contributed by atoms with E-state index in [1.807, 2.05) is 12.1 Å². The highest BCUT2D eigenvalue weighted by Gasteiger charge is 2.29. The molecule has 1 aromatic rings. The second-order valence-electron chi connectivity index (χ2n) is 4.71. The van der Waals surface area contributed by atoms with Gasteiger partial charge < -0.3 is 14.2 Å². The lowest BCUT2D eigenvalue weighted by molar-refractivity contribution is 0.318. The SMILES string of the molecule is COc1ccc([C@H]2CC=CC[C@@H]2C#N)c(OC)c1OC. The predicted octanol–water partition coefficient (Wildman–Crippen LogP) is 3.29. The van der Waals surface area contributed by atoms with E-state index >= 15 is 0 Å². The first kappa shape index (κ1) is 14.3. The van der Waals surface area contributed by atoms with Crippen molar-refractivity contribution in [3.63, 3.8) is 0 Å². The number of hydrogen-bond donors (Lipinski definition) is 0. The molecule has 0 saturated heterocycles. The third-order valence-electron chi connectivity index (χ3n) is 3.73. The molecule has 0 fully saturated rings. The van der Waals surface area contributed by atoms with Gasteiger partial charge in [-0.15, -0.1) is 0 Å². The van der Waals surface area contributed by atoms with Gasteiger partial charge in [-0.3, -0.25) is 0 Å². The van der Waals surface area contributed by atoms with Gasteiger partial charge in [0.15, 0.2) is 11.5 Å². The van der Waals surface area contributed by atoms with E-state index in [2.05, 4.69) is 18.2 Å². The molecule has 2 atom stereocenters. The van der Waals surface area contributed by atoms with Gasteiger partial charge in [-0.25, -0.2) is 0 Å². The highest BCUT2D eigenvalue weighted by molar-refractivity contribution is 5.57. The summed E-state index contributed by atoms with van der Waals surface area (Å²) in [5, 5.41) is 9.33. The molecule has 0 unspecified atom stereocenters. The molecule has 0 N–H and O–H groups in total. The first-order valence-corrected chi connectivity index (χ1v) is 6.60. The van der Waals surface area contributed by atoms with Gasteiger partial charge in [-0.2, -0.15) is 5.26 Å². The fourth-order valence-electron chi connectivity index (χ4n) is 2.72. The van der Waals surface area contributed by atoms with Crippen molar-refractivity contribution in [2.24, 2.45) is 5.92 Å². The molecule has 2 rings (SSSR count). The lowest BCUT2D eigenvalue weighted by atomic mass is 9.79. The van der Waals surface area contributed by atoms with Crippen LogP contribution in [0.15, 0.2) is 24.3 Å². The van der Waals surface area contributed by atoms with Crippen molar-refractivity contribution in [2.45, 2.75) is 18.8 Å². The van der Waals surface area contributed by atoms with Crippen LogP contribution in [0.3, 0.4) is 0 Å². The monoisotopic (exact) mass is 273 g/mol. The van der Waals surface area contributed by atoms with E-state index in [0.29, 0.717) is 17.2 Å². The Balaban J connectivity index is 2.51. The van der Waals surface area contributed by atoms with Crippen LogP contribution in [0.4, 0.5) is 0 Å². The summed E-state index contributed by atoms with van der Waals surface area (Å²) in [5.74, 6) is 1.96. The Kier molecular flexibility index (Phi) is 4.52. The summed E-state index contributed by atoms with van der Waals surface area (Å²) >= 11 is 0. The predicted molar refractivity (Wildman–Crippen MR) is 76.3 cm³/mol. The lowest BCUT2D eigenvalue weighted by Gasteiger charge is -2.26. The smallest absolute Gasteiger partial charge is 0.203 e. The number of allylic oxidation sites excluding steroid dienone is 2. The number of rotatable bonds is 4. The third kappa shape index (κ3) is 2.44. The average Bonchev–Trinajstić information content (AvgIpc) is 2.53. The number of hydrogen-bond acceptors (Lipinski definition) is 4. The fraction of sp³-hybridized carbons (Fsp3) is 0.438. The number of ether oxygens (including phenoxy) is 3. The van der Waals surface area contributed by atoms with Crippen molar-refractivity contribution in [1.82, 2.24) is 0 Å². The maximum Gasteiger partial charge on any atom is 0.203 e. The highest BCUT2D eigenvalue weighted by atomic mass is 16.5. The first-order chi connectivity index (χ1) is 9.76. The molecule has 1 aliphatic rings.